The number of anilines is 1. The fraction of sp³-hybridized carbons (Fsp3) is 0.273. The normalized spacial score (nSPS) is 15.4. The van der Waals surface area contributed by atoms with Crippen molar-refractivity contribution in [3.8, 4) is 0 Å². The van der Waals surface area contributed by atoms with E-state index in [0.717, 1.165) is 16.9 Å². The maximum Gasteiger partial charge on any atom is 0.329 e. The van der Waals surface area contributed by atoms with Crippen molar-refractivity contribution in [2.24, 2.45) is 5.73 Å². The Morgan fingerprint density at radius 2 is 2.19 bits per heavy atom. The molecule has 1 fully saturated rings. The summed E-state index contributed by atoms with van der Waals surface area (Å²) in [5.74, 6) is -0.227. The molecule has 2 rings (SSSR count). The monoisotopic (exact) mass is 219 g/mol. The van der Waals surface area contributed by atoms with Crippen LogP contribution in [0.3, 0.4) is 0 Å². The zero-order chi connectivity index (χ0) is 11.5. The molecule has 0 saturated carbocycles. The molecule has 5 heteroatoms. The van der Waals surface area contributed by atoms with E-state index < -0.39 is 0 Å². The van der Waals surface area contributed by atoms with E-state index in [9.17, 15) is 9.59 Å². The van der Waals surface area contributed by atoms with Crippen molar-refractivity contribution in [2.75, 3.05) is 18.0 Å². The largest absolute Gasteiger partial charge is 0.330 e. The Hall–Kier alpha value is -1.88. The number of imide groups is 1. The van der Waals surface area contributed by atoms with E-state index in [1.165, 1.54) is 0 Å². The first-order chi connectivity index (χ1) is 7.72. The summed E-state index contributed by atoms with van der Waals surface area (Å²) in [6.45, 7) is 0.615. The third-order valence-corrected chi connectivity index (χ3v) is 2.45. The fourth-order valence-corrected chi connectivity index (χ4v) is 1.70. The number of carbonyl (C=O) groups is 2. The number of hydrogen-bond donors (Lipinski definition) is 2. The second kappa shape index (κ2) is 4.32. The lowest BCUT2D eigenvalue weighted by atomic mass is 10.1. The van der Waals surface area contributed by atoms with Crippen LogP contribution in [0.5, 0.6) is 0 Å². The highest BCUT2D eigenvalue weighted by molar-refractivity contribution is 6.19. The SMILES string of the molecule is NCCc1cccc(N2C(=O)CNC2=O)c1. The Bertz CT molecular complexity index is 415. The average molecular weight is 219 g/mol. The van der Waals surface area contributed by atoms with Crippen molar-refractivity contribution in [2.45, 2.75) is 6.42 Å². The molecule has 1 heterocycles. The predicted molar refractivity (Wildman–Crippen MR) is 60.1 cm³/mol. The molecular weight excluding hydrogens is 206 g/mol. The van der Waals surface area contributed by atoms with Crippen LogP contribution in [0.4, 0.5) is 10.5 Å². The van der Waals surface area contributed by atoms with Gasteiger partial charge in [-0.2, -0.15) is 0 Å². The summed E-state index contributed by atoms with van der Waals surface area (Å²) in [5.41, 5.74) is 7.08. The first-order valence-electron chi connectivity index (χ1n) is 5.12. The first-order valence-corrected chi connectivity index (χ1v) is 5.12. The van der Waals surface area contributed by atoms with Crippen LogP contribution in [0.1, 0.15) is 5.56 Å². The van der Waals surface area contributed by atoms with Crippen LogP contribution >= 0.6 is 0 Å². The molecule has 3 N–H and O–H groups in total. The molecule has 0 aromatic heterocycles. The molecule has 0 unspecified atom stereocenters. The Morgan fingerprint density at radius 3 is 2.81 bits per heavy atom. The summed E-state index contributed by atoms with van der Waals surface area (Å²) in [4.78, 5) is 24.0. The van der Waals surface area contributed by atoms with E-state index in [1.807, 2.05) is 18.2 Å². The van der Waals surface area contributed by atoms with Crippen molar-refractivity contribution in [3.05, 3.63) is 29.8 Å². The van der Waals surface area contributed by atoms with Crippen LogP contribution in [0.15, 0.2) is 24.3 Å². The lowest BCUT2D eigenvalue weighted by Gasteiger charge is -2.13. The molecule has 5 nitrogen and oxygen atoms in total. The van der Waals surface area contributed by atoms with Crippen molar-refractivity contribution >= 4 is 17.6 Å². The van der Waals surface area contributed by atoms with Crippen LogP contribution in [-0.2, 0) is 11.2 Å². The second-order valence-electron chi connectivity index (χ2n) is 3.60. The average Bonchev–Trinajstić information content (AvgIpc) is 2.59. The lowest BCUT2D eigenvalue weighted by Crippen LogP contribution is -2.30. The number of carbonyl (C=O) groups excluding carboxylic acids is 2. The molecule has 0 bridgehead atoms. The van der Waals surface area contributed by atoms with Gasteiger partial charge in [-0.25, -0.2) is 9.69 Å². The van der Waals surface area contributed by atoms with Crippen molar-refractivity contribution < 1.29 is 9.59 Å². The maximum atomic E-state index is 11.5. The van der Waals surface area contributed by atoms with Gasteiger partial charge >= 0.3 is 6.03 Å². The summed E-state index contributed by atoms with van der Waals surface area (Å²) in [6.07, 6.45) is 0.734. The van der Waals surface area contributed by atoms with Gasteiger partial charge in [0.25, 0.3) is 5.91 Å². The number of nitrogens with one attached hydrogen (secondary N) is 1. The van der Waals surface area contributed by atoms with E-state index in [0.29, 0.717) is 12.2 Å². The molecule has 16 heavy (non-hydrogen) atoms. The summed E-state index contributed by atoms with van der Waals surface area (Å²) >= 11 is 0. The Labute approximate surface area is 93.2 Å². The molecule has 0 atom stereocenters. The van der Waals surface area contributed by atoms with Crippen LogP contribution in [0.25, 0.3) is 0 Å². The van der Waals surface area contributed by atoms with Gasteiger partial charge in [-0.05, 0) is 30.7 Å². The van der Waals surface area contributed by atoms with Gasteiger partial charge in [0.2, 0.25) is 0 Å². The number of amides is 3. The van der Waals surface area contributed by atoms with E-state index in [4.69, 9.17) is 5.73 Å². The topological polar surface area (TPSA) is 75.4 Å². The minimum Gasteiger partial charge on any atom is -0.330 e. The number of nitrogens with zero attached hydrogens (tertiary/aromatic N) is 1. The minimum absolute atomic E-state index is 0.0694. The van der Waals surface area contributed by atoms with Gasteiger partial charge in [-0.1, -0.05) is 12.1 Å². The summed E-state index contributed by atoms with van der Waals surface area (Å²) < 4.78 is 0. The van der Waals surface area contributed by atoms with Crippen LogP contribution in [-0.4, -0.2) is 25.0 Å². The fourth-order valence-electron chi connectivity index (χ4n) is 1.70. The van der Waals surface area contributed by atoms with Gasteiger partial charge in [-0.3, -0.25) is 4.79 Å². The molecule has 1 aromatic carbocycles. The highest BCUT2D eigenvalue weighted by atomic mass is 16.2. The van der Waals surface area contributed by atoms with Gasteiger partial charge in [0.1, 0.15) is 0 Å². The Balaban J connectivity index is 2.29. The van der Waals surface area contributed by atoms with Crippen LogP contribution in [0.2, 0.25) is 0 Å². The third-order valence-electron chi connectivity index (χ3n) is 2.45. The van der Waals surface area contributed by atoms with Crippen LogP contribution < -0.4 is 16.0 Å². The molecule has 1 aliphatic rings. The van der Waals surface area contributed by atoms with E-state index in [1.54, 1.807) is 6.07 Å². The van der Waals surface area contributed by atoms with Crippen molar-refractivity contribution in [3.63, 3.8) is 0 Å². The van der Waals surface area contributed by atoms with Gasteiger partial charge in [0.05, 0.1) is 12.2 Å². The molecule has 1 saturated heterocycles. The molecule has 1 aromatic rings. The predicted octanol–water partition coefficient (Wildman–Crippen LogP) is 0.244. The highest BCUT2D eigenvalue weighted by Gasteiger charge is 2.29. The highest BCUT2D eigenvalue weighted by Crippen LogP contribution is 2.18. The maximum absolute atomic E-state index is 11.5. The smallest absolute Gasteiger partial charge is 0.329 e. The number of nitrogens with two attached hydrogens (primary N) is 1. The molecule has 3 amide bonds. The molecule has 1 aliphatic heterocycles. The first kappa shape index (κ1) is 10.6. The summed E-state index contributed by atoms with van der Waals surface area (Å²) in [6, 6.07) is 6.93. The third kappa shape index (κ3) is 1.90. The summed E-state index contributed by atoms with van der Waals surface area (Å²) in [7, 11) is 0. The number of rotatable bonds is 3. The number of hydrogen-bond acceptors (Lipinski definition) is 3. The van der Waals surface area contributed by atoms with Crippen molar-refractivity contribution in [1.82, 2.24) is 5.32 Å². The molecule has 0 spiro atoms. The van der Waals surface area contributed by atoms with E-state index in [-0.39, 0.29) is 18.5 Å². The Morgan fingerprint density at radius 1 is 1.38 bits per heavy atom. The zero-order valence-corrected chi connectivity index (χ0v) is 8.77. The second-order valence-corrected chi connectivity index (χ2v) is 3.60. The number of benzene rings is 1. The van der Waals surface area contributed by atoms with Gasteiger partial charge < -0.3 is 11.1 Å². The van der Waals surface area contributed by atoms with E-state index >= 15 is 0 Å². The Kier molecular flexibility index (Phi) is 2.87. The molecule has 84 valence electrons. The quantitative estimate of drug-likeness (QED) is 0.715. The minimum atomic E-state index is -0.366. The van der Waals surface area contributed by atoms with Crippen LogP contribution in [0, 0.1) is 0 Å². The van der Waals surface area contributed by atoms with Gasteiger partial charge in [0.15, 0.2) is 0 Å². The molecule has 0 aliphatic carbocycles. The zero-order valence-electron chi connectivity index (χ0n) is 8.77. The standard InChI is InChI=1S/C11H13N3O2/c12-5-4-8-2-1-3-9(6-8)14-10(15)7-13-11(14)16/h1-3,6H,4-5,7,12H2,(H,13,16). The molecule has 0 radical (unpaired) electrons. The van der Waals surface area contributed by atoms with Crippen molar-refractivity contribution in [1.29, 1.82) is 0 Å². The molecular formula is C11H13N3O2. The number of urea groups is 1. The van der Waals surface area contributed by atoms with Gasteiger partial charge in [-0.15, -0.1) is 0 Å². The van der Waals surface area contributed by atoms with E-state index in [2.05, 4.69) is 5.32 Å². The van der Waals surface area contributed by atoms with Gasteiger partial charge in [0, 0.05) is 0 Å². The summed E-state index contributed by atoms with van der Waals surface area (Å²) in [5, 5.41) is 2.48. The lowest BCUT2D eigenvalue weighted by molar-refractivity contribution is -0.115.